The van der Waals surface area contributed by atoms with Crippen LogP contribution in [0, 0.1) is 0 Å². The third-order valence-electron chi connectivity index (χ3n) is 2.43. The lowest BCUT2D eigenvalue weighted by molar-refractivity contribution is 0.615. The molecule has 1 heteroatoms. The molecular formula is C13H21N. The summed E-state index contributed by atoms with van der Waals surface area (Å²) in [4.78, 5) is 0. The Morgan fingerprint density at radius 1 is 1.14 bits per heavy atom. The fraction of sp³-hybridized carbons (Fsp3) is 0.538. The Labute approximate surface area is 87.5 Å². The van der Waals surface area contributed by atoms with Crippen LogP contribution in [0.25, 0.3) is 0 Å². The first kappa shape index (κ1) is 11.1. The third kappa shape index (κ3) is 4.31. The molecule has 0 amide bonds. The summed E-state index contributed by atoms with van der Waals surface area (Å²) < 4.78 is 0. The van der Waals surface area contributed by atoms with E-state index in [-0.39, 0.29) is 0 Å². The van der Waals surface area contributed by atoms with Gasteiger partial charge in [0.2, 0.25) is 0 Å². The van der Waals surface area contributed by atoms with Crippen molar-refractivity contribution in [3.05, 3.63) is 30.3 Å². The summed E-state index contributed by atoms with van der Waals surface area (Å²) in [5.74, 6) is 0. The van der Waals surface area contributed by atoms with Crippen molar-refractivity contribution in [3.63, 3.8) is 0 Å². The van der Waals surface area contributed by atoms with Crippen LogP contribution in [0.3, 0.4) is 0 Å². The molecule has 1 atom stereocenters. The minimum absolute atomic E-state index is 0.587. The van der Waals surface area contributed by atoms with Crippen LogP contribution < -0.4 is 5.32 Å². The average molecular weight is 191 g/mol. The molecule has 78 valence electrons. The van der Waals surface area contributed by atoms with Crippen molar-refractivity contribution in [2.24, 2.45) is 0 Å². The summed E-state index contributed by atoms with van der Waals surface area (Å²) in [5.41, 5.74) is 1.23. The van der Waals surface area contributed by atoms with Crippen LogP contribution >= 0.6 is 0 Å². The predicted octanol–water partition coefficient (Wildman–Crippen LogP) is 4.07. The van der Waals surface area contributed by atoms with E-state index in [1.807, 2.05) is 6.07 Å². The molecule has 0 saturated heterocycles. The van der Waals surface area contributed by atoms with E-state index in [2.05, 4.69) is 43.4 Å². The zero-order chi connectivity index (χ0) is 10.2. The summed E-state index contributed by atoms with van der Waals surface area (Å²) in [6.07, 6.45) is 5.25. The van der Waals surface area contributed by atoms with Crippen LogP contribution in [0.15, 0.2) is 30.3 Å². The average Bonchev–Trinajstić information content (AvgIpc) is 2.20. The minimum Gasteiger partial charge on any atom is -0.383 e. The van der Waals surface area contributed by atoms with Gasteiger partial charge in [-0.15, -0.1) is 0 Å². The van der Waals surface area contributed by atoms with Crippen molar-refractivity contribution in [2.75, 3.05) is 5.32 Å². The molecule has 1 aromatic rings. The molecule has 1 nitrogen and oxygen atoms in total. The van der Waals surface area contributed by atoms with E-state index in [0.717, 1.165) is 0 Å². The van der Waals surface area contributed by atoms with Gasteiger partial charge in [-0.2, -0.15) is 0 Å². The molecule has 0 fully saturated rings. The zero-order valence-electron chi connectivity index (χ0n) is 9.29. The zero-order valence-corrected chi connectivity index (χ0v) is 9.29. The molecule has 14 heavy (non-hydrogen) atoms. The summed E-state index contributed by atoms with van der Waals surface area (Å²) in [6, 6.07) is 11.0. The monoisotopic (exact) mass is 191 g/mol. The normalized spacial score (nSPS) is 12.4. The van der Waals surface area contributed by atoms with Gasteiger partial charge in [-0.1, -0.05) is 44.4 Å². The van der Waals surface area contributed by atoms with Gasteiger partial charge >= 0.3 is 0 Å². The summed E-state index contributed by atoms with van der Waals surface area (Å²) in [5, 5.41) is 3.50. The highest BCUT2D eigenvalue weighted by Crippen LogP contribution is 2.10. The van der Waals surface area contributed by atoms with Crippen molar-refractivity contribution in [1.82, 2.24) is 0 Å². The number of unbranched alkanes of at least 4 members (excludes halogenated alkanes) is 2. The number of rotatable bonds is 6. The lowest BCUT2D eigenvalue weighted by Crippen LogP contribution is -2.14. The smallest absolute Gasteiger partial charge is 0.0342 e. The fourth-order valence-electron chi connectivity index (χ4n) is 1.59. The van der Waals surface area contributed by atoms with Crippen molar-refractivity contribution in [3.8, 4) is 0 Å². The SMILES string of the molecule is CCCCCC(C)Nc1ccccc1. The summed E-state index contributed by atoms with van der Waals surface area (Å²) in [6.45, 7) is 4.50. The molecule has 1 aromatic carbocycles. The number of benzene rings is 1. The minimum atomic E-state index is 0.587. The Morgan fingerprint density at radius 3 is 2.50 bits per heavy atom. The highest BCUT2D eigenvalue weighted by atomic mass is 14.9. The molecule has 1 N–H and O–H groups in total. The Balaban J connectivity index is 2.23. The van der Waals surface area contributed by atoms with Crippen molar-refractivity contribution >= 4 is 5.69 Å². The molecule has 0 heterocycles. The molecule has 1 unspecified atom stereocenters. The van der Waals surface area contributed by atoms with E-state index in [0.29, 0.717) is 6.04 Å². The predicted molar refractivity (Wildman–Crippen MR) is 63.7 cm³/mol. The number of hydrogen-bond acceptors (Lipinski definition) is 1. The van der Waals surface area contributed by atoms with E-state index in [4.69, 9.17) is 0 Å². The highest BCUT2D eigenvalue weighted by Gasteiger charge is 2.00. The molecule has 0 aliphatic heterocycles. The van der Waals surface area contributed by atoms with Gasteiger partial charge in [-0.3, -0.25) is 0 Å². The largest absolute Gasteiger partial charge is 0.383 e. The second-order valence-electron chi connectivity index (χ2n) is 3.91. The van der Waals surface area contributed by atoms with Gasteiger partial charge in [0, 0.05) is 11.7 Å². The second-order valence-corrected chi connectivity index (χ2v) is 3.91. The maximum atomic E-state index is 3.50. The second kappa shape index (κ2) is 6.47. The Bertz CT molecular complexity index is 230. The van der Waals surface area contributed by atoms with Crippen molar-refractivity contribution in [2.45, 2.75) is 45.6 Å². The first-order chi connectivity index (χ1) is 6.83. The van der Waals surface area contributed by atoms with E-state index in [1.165, 1.54) is 31.4 Å². The van der Waals surface area contributed by atoms with E-state index in [9.17, 15) is 0 Å². The van der Waals surface area contributed by atoms with Gasteiger partial charge in [0.25, 0.3) is 0 Å². The quantitative estimate of drug-likeness (QED) is 0.668. The van der Waals surface area contributed by atoms with Gasteiger partial charge in [0.05, 0.1) is 0 Å². The molecule has 1 rings (SSSR count). The Kier molecular flexibility index (Phi) is 5.13. The van der Waals surface area contributed by atoms with Crippen LogP contribution in [-0.2, 0) is 0 Å². The maximum absolute atomic E-state index is 3.50. The van der Waals surface area contributed by atoms with Crippen molar-refractivity contribution < 1.29 is 0 Å². The van der Waals surface area contributed by atoms with Crippen LogP contribution in [0.5, 0.6) is 0 Å². The van der Waals surface area contributed by atoms with Gasteiger partial charge in [0.15, 0.2) is 0 Å². The molecule has 0 aromatic heterocycles. The van der Waals surface area contributed by atoms with Gasteiger partial charge in [0.1, 0.15) is 0 Å². The molecule has 0 bridgehead atoms. The number of para-hydroxylation sites is 1. The van der Waals surface area contributed by atoms with Crippen LogP contribution in [-0.4, -0.2) is 6.04 Å². The summed E-state index contributed by atoms with van der Waals surface area (Å²) in [7, 11) is 0. The first-order valence-electron chi connectivity index (χ1n) is 5.64. The van der Waals surface area contributed by atoms with E-state index < -0.39 is 0 Å². The molecule has 0 aliphatic carbocycles. The third-order valence-corrected chi connectivity index (χ3v) is 2.43. The Morgan fingerprint density at radius 2 is 1.86 bits per heavy atom. The molecule has 0 spiro atoms. The van der Waals surface area contributed by atoms with Crippen LogP contribution in [0.4, 0.5) is 5.69 Å². The van der Waals surface area contributed by atoms with Crippen LogP contribution in [0.2, 0.25) is 0 Å². The van der Waals surface area contributed by atoms with E-state index >= 15 is 0 Å². The van der Waals surface area contributed by atoms with Crippen molar-refractivity contribution in [1.29, 1.82) is 0 Å². The van der Waals surface area contributed by atoms with Gasteiger partial charge in [-0.25, -0.2) is 0 Å². The number of hydrogen-bond donors (Lipinski definition) is 1. The fourth-order valence-corrected chi connectivity index (χ4v) is 1.59. The van der Waals surface area contributed by atoms with Gasteiger partial charge < -0.3 is 5.32 Å². The standard InChI is InChI=1S/C13H21N/c1-3-4-6-9-12(2)14-13-10-7-5-8-11-13/h5,7-8,10-12,14H,3-4,6,9H2,1-2H3. The van der Waals surface area contributed by atoms with Crippen LogP contribution in [0.1, 0.15) is 39.5 Å². The number of nitrogens with one attached hydrogen (secondary N) is 1. The molecule has 0 radical (unpaired) electrons. The van der Waals surface area contributed by atoms with Gasteiger partial charge in [-0.05, 0) is 25.5 Å². The molecule has 0 aliphatic rings. The number of anilines is 1. The highest BCUT2D eigenvalue weighted by molar-refractivity contribution is 5.43. The lowest BCUT2D eigenvalue weighted by Gasteiger charge is -2.14. The summed E-state index contributed by atoms with van der Waals surface area (Å²) >= 11 is 0. The maximum Gasteiger partial charge on any atom is 0.0342 e. The lowest BCUT2D eigenvalue weighted by atomic mass is 10.1. The van der Waals surface area contributed by atoms with E-state index in [1.54, 1.807) is 0 Å². The Hall–Kier alpha value is -0.980. The topological polar surface area (TPSA) is 12.0 Å². The first-order valence-corrected chi connectivity index (χ1v) is 5.64. The molecular weight excluding hydrogens is 170 g/mol. The molecule has 0 saturated carbocycles.